The number of hydrogen-bond donors (Lipinski definition) is 0. The second kappa shape index (κ2) is 9.06. The Kier molecular flexibility index (Phi) is 5.96. The smallest absolute Gasteiger partial charge is 0.269 e. The van der Waals surface area contributed by atoms with Crippen LogP contribution >= 0.6 is 0 Å². The lowest BCUT2D eigenvalue weighted by molar-refractivity contribution is -0.384. The first-order valence-corrected chi connectivity index (χ1v) is 12.0. The van der Waals surface area contributed by atoms with Gasteiger partial charge in [0.15, 0.2) is 0 Å². The van der Waals surface area contributed by atoms with Gasteiger partial charge in [-0.15, -0.1) is 0 Å². The predicted molar refractivity (Wildman–Crippen MR) is 136 cm³/mol. The molecule has 0 bridgehead atoms. The first kappa shape index (κ1) is 22.3. The molecule has 1 saturated heterocycles. The van der Waals surface area contributed by atoms with Crippen LogP contribution in [0.3, 0.4) is 0 Å². The Morgan fingerprint density at radius 2 is 1.76 bits per heavy atom. The van der Waals surface area contributed by atoms with Gasteiger partial charge in [0.1, 0.15) is 0 Å². The van der Waals surface area contributed by atoms with E-state index >= 15 is 0 Å². The normalized spacial score (nSPS) is 16.5. The molecule has 2 aliphatic rings. The van der Waals surface area contributed by atoms with Crippen molar-refractivity contribution < 1.29 is 9.72 Å². The lowest BCUT2D eigenvalue weighted by atomic mass is 10.0. The molecule has 0 atom stereocenters. The number of anilines is 2. The standard InChI is InChI=1S/C27H30N4O3/c1-19(2)17-30-25-11-10-24(22-8-4-9-23(26(22)25)27(30)32)29-13-5-12-28(14-15-29)18-20-6-3-7-21(16-20)31(33)34/h3-4,6-11,16,19H,5,12-15,17-18H2,1-2H3. The van der Waals surface area contributed by atoms with Crippen molar-refractivity contribution in [2.75, 3.05) is 42.5 Å². The number of nitrogens with zero attached hydrogens (tertiary/aromatic N) is 4. The molecule has 7 heteroatoms. The summed E-state index contributed by atoms with van der Waals surface area (Å²) in [5.41, 5.74) is 4.11. The zero-order valence-electron chi connectivity index (χ0n) is 19.7. The van der Waals surface area contributed by atoms with E-state index in [1.165, 1.54) is 11.8 Å². The number of benzene rings is 3. The van der Waals surface area contributed by atoms with E-state index in [1.54, 1.807) is 12.1 Å². The summed E-state index contributed by atoms with van der Waals surface area (Å²) in [6.07, 6.45) is 1.01. The summed E-state index contributed by atoms with van der Waals surface area (Å²) < 4.78 is 0. The van der Waals surface area contributed by atoms with Crippen LogP contribution in [-0.2, 0) is 6.54 Å². The summed E-state index contributed by atoms with van der Waals surface area (Å²) in [5, 5.41) is 13.3. The fraction of sp³-hybridized carbons (Fsp3) is 0.370. The monoisotopic (exact) mass is 458 g/mol. The van der Waals surface area contributed by atoms with Crippen LogP contribution in [0.2, 0.25) is 0 Å². The van der Waals surface area contributed by atoms with Gasteiger partial charge in [-0.05, 0) is 36.1 Å². The minimum atomic E-state index is -0.337. The average Bonchev–Trinajstić information content (AvgIpc) is 2.96. The van der Waals surface area contributed by atoms with Crippen LogP contribution < -0.4 is 9.80 Å². The molecule has 0 aliphatic carbocycles. The van der Waals surface area contributed by atoms with E-state index in [1.807, 2.05) is 23.1 Å². The van der Waals surface area contributed by atoms with E-state index in [9.17, 15) is 14.9 Å². The second-order valence-corrected chi connectivity index (χ2v) is 9.69. The Balaban J connectivity index is 1.38. The molecule has 3 aromatic carbocycles. The van der Waals surface area contributed by atoms with Gasteiger partial charge in [0.2, 0.25) is 0 Å². The quantitative estimate of drug-likeness (QED) is 0.381. The van der Waals surface area contributed by atoms with E-state index in [2.05, 4.69) is 41.8 Å². The highest BCUT2D eigenvalue weighted by atomic mass is 16.6. The van der Waals surface area contributed by atoms with Crippen molar-refractivity contribution in [3.05, 3.63) is 75.8 Å². The van der Waals surface area contributed by atoms with E-state index in [0.29, 0.717) is 12.5 Å². The number of hydrogen-bond acceptors (Lipinski definition) is 5. The molecular weight excluding hydrogens is 428 g/mol. The molecule has 3 aromatic rings. The molecule has 0 aromatic heterocycles. The predicted octanol–water partition coefficient (Wildman–Crippen LogP) is 5.08. The molecule has 0 unspecified atom stereocenters. The van der Waals surface area contributed by atoms with Crippen LogP contribution in [-0.4, -0.2) is 48.5 Å². The number of carbonyl (C=O) groups is 1. The molecule has 7 nitrogen and oxygen atoms in total. The van der Waals surface area contributed by atoms with Crippen molar-refractivity contribution >= 4 is 33.7 Å². The molecular formula is C27H30N4O3. The van der Waals surface area contributed by atoms with Crippen LogP contribution in [0.25, 0.3) is 10.8 Å². The number of non-ortho nitro benzene ring substituents is 1. The molecule has 0 spiro atoms. The molecule has 0 N–H and O–H groups in total. The summed E-state index contributed by atoms with van der Waals surface area (Å²) in [6.45, 7) is 9.34. The third-order valence-electron chi connectivity index (χ3n) is 6.77. The van der Waals surface area contributed by atoms with Crippen molar-refractivity contribution in [2.45, 2.75) is 26.8 Å². The first-order chi connectivity index (χ1) is 16.4. The minimum Gasteiger partial charge on any atom is -0.370 e. The molecule has 34 heavy (non-hydrogen) atoms. The maximum atomic E-state index is 13.1. The summed E-state index contributed by atoms with van der Waals surface area (Å²) in [7, 11) is 0. The van der Waals surface area contributed by atoms with Crippen molar-refractivity contribution in [3.63, 3.8) is 0 Å². The molecule has 2 heterocycles. The Hall–Kier alpha value is -3.45. The van der Waals surface area contributed by atoms with Gasteiger partial charge in [0.25, 0.3) is 11.6 Å². The van der Waals surface area contributed by atoms with Crippen LogP contribution in [0.15, 0.2) is 54.6 Å². The lowest BCUT2D eigenvalue weighted by Crippen LogP contribution is -2.31. The molecule has 2 aliphatic heterocycles. The first-order valence-electron chi connectivity index (χ1n) is 12.0. The summed E-state index contributed by atoms with van der Waals surface area (Å²) in [5.74, 6) is 0.501. The van der Waals surface area contributed by atoms with Gasteiger partial charge < -0.3 is 9.80 Å². The van der Waals surface area contributed by atoms with Gasteiger partial charge >= 0.3 is 0 Å². The summed E-state index contributed by atoms with van der Waals surface area (Å²) in [4.78, 5) is 30.6. The largest absolute Gasteiger partial charge is 0.370 e. The van der Waals surface area contributed by atoms with Gasteiger partial charge in [0, 0.05) is 73.4 Å². The molecule has 1 amide bonds. The number of carbonyl (C=O) groups excluding carboxylic acids is 1. The maximum absolute atomic E-state index is 13.1. The Morgan fingerprint density at radius 3 is 2.56 bits per heavy atom. The minimum absolute atomic E-state index is 0.102. The summed E-state index contributed by atoms with van der Waals surface area (Å²) >= 11 is 0. The second-order valence-electron chi connectivity index (χ2n) is 9.69. The fourth-order valence-electron chi connectivity index (χ4n) is 5.25. The molecule has 0 radical (unpaired) electrons. The fourth-order valence-corrected chi connectivity index (χ4v) is 5.25. The SMILES string of the molecule is CC(C)CN1C(=O)c2cccc3c(N4CCCN(Cc5cccc([N+](=O)[O-])c5)CC4)ccc1c23. The number of amides is 1. The van der Waals surface area contributed by atoms with Crippen LogP contribution in [0, 0.1) is 16.0 Å². The number of rotatable bonds is 6. The third-order valence-corrected chi connectivity index (χ3v) is 6.77. The Bertz CT molecular complexity index is 1260. The van der Waals surface area contributed by atoms with Crippen LogP contribution in [0.1, 0.15) is 36.2 Å². The van der Waals surface area contributed by atoms with E-state index in [4.69, 9.17) is 0 Å². The van der Waals surface area contributed by atoms with Crippen molar-refractivity contribution in [2.24, 2.45) is 5.92 Å². The highest BCUT2D eigenvalue weighted by molar-refractivity contribution is 6.26. The van der Waals surface area contributed by atoms with Crippen molar-refractivity contribution in [1.29, 1.82) is 0 Å². The molecule has 1 fully saturated rings. The van der Waals surface area contributed by atoms with Gasteiger partial charge in [-0.1, -0.05) is 38.1 Å². The lowest BCUT2D eigenvalue weighted by Gasteiger charge is -2.26. The zero-order chi connectivity index (χ0) is 23.8. The summed E-state index contributed by atoms with van der Waals surface area (Å²) in [6, 6.07) is 17.3. The van der Waals surface area contributed by atoms with Gasteiger partial charge in [-0.25, -0.2) is 0 Å². The highest BCUT2D eigenvalue weighted by Crippen LogP contribution is 2.42. The third kappa shape index (κ3) is 4.12. The average molecular weight is 459 g/mol. The molecule has 5 rings (SSSR count). The van der Waals surface area contributed by atoms with Crippen molar-refractivity contribution in [3.8, 4) is 0 Å². The van der Waals surface area contributed by atoms with Crippen molar-refractivity contribution in [1.82, 2.24) is 4.90 Å². The highest BCUT2D eigenvalue weighted by Gasteiger charge is 2.31. The van der Waals surface area contributed by atoms with Gasteiger partial charge in [-0.2, -0.15) is 0 Å². The Labute approximate surface area is 199 Å². The number of nitro groups is 1. The van der Waals surface area contributed by atoms with E-state index < -0.39 is 0 Å². The van der Waals surface area contributed by atoms with E-state index in [0.717, 1.165) is 66.7 Å². The van der Waals surface area contributed by atoms with E-state index in [-0.39, 0.29) is 16.5 Å². The topological polar surface area (TPSA) is 69.9 Å². The number of nitro benzene ring substituents is 1. The van der Waals surface area contributed by atoms with Crippen LogP contribution in [0.5, 0.6) is 0 Å². The zero-order valence-corrected chi connectivity index (χ0v) is 19.7. The molecule has 0 saturated carbocycles. The van der Waals surface area contributed by atoms with Gasteiger partial charge in [-0.3, -0.25) is 19.8 Å². The Morgan fingerprint density at radius 1 is 0.971 bits per heavy atom. The molecule has 176 valence electrons. The van der Waals surface area contributed by atoms with Gasteiger partial charge in [0.05, 0.1) is 10.6 Å². The van der Waals surface area contributed by atoms with Crippen LogP contribution in [0.4, 0.5) is 17.1 Å². The maximum Gasteiger partial charge on any atom is 0.269 e.